The maximum atomic E-state index is 12.4. The molecule has 1 saturated heterocycles. The fourth-order valence-corrected chi connectivity index (χ4v) is 3.02. The van der Waals surface area contributed by atoms with Crippen LogP contribution in [0.3, 0.4) is 0 Å². The molecular formula is C20H23N5O3. The molecule has 1 fully saturated rings. The number of nitrogens with one attached hydrogen (secondary N) is 2. The van der Waals surface area contributed by atoms with E-state index < -0.39 is 0 Å². The van der Waals surface area contributed by atoms with Crippen LogP contribution in [0, 0.1) is 0 Å². The van der Waals surface area contributed by atoms with Gasteiger partial charge in [0, 0.05) is 50.7 Å². The number of aromatic nitrogens is 1. The zero-order valence-electron chi connectivity index (χ0n) is 15.7. The van der Waals surface area contributed by atoms with Crippen molar-refractivity contribution >= 4 is 34.9 Å². The number of carbonyl (C=O) groups is 3. The zero-order valence-corrected chi connectivity index (χ0v) is 15.7. The highest BCUT2D eigenvalue weighted by Gasteiger charge is 2.23. The van der Waals surface area contributed by atoms with Crippen LogP contribution in [0.5, 0.6) is 0 Å². The van der Waals surface area contributed by atoms with E-state index >= 15 is 0 Å². The Bertz CT molecular complexity index is 831. The lowest BCUT2D eigenvalue weighted by Gasteiger charge is -2.35. The van der Waals surface area contributed by atoms with Crippen molar-refractivity contribution in [3.05, 3.63) is 48.7 Å². The SMILES string of the molecule is CC(=O)Nc1ccc(NC(=O)CC(=O)N2CCN(c3ccccn3)CC2)cc1. The molecule has 0 spiro atoms. The minimum atomic E-state index is -0.357. The average molecular weight is 381 g/mol. The van der Waals surface area contributed by atoms with E-state index in [0.29, 0.717) is 37.6 Å². The van der Waals surface area contributed by atoms with Crippen LogP contribution < -0.4 is 15.5 Å². The number of rotatable bonds is 5. The lowest BCUT2D eigenvalue weighted by Crippen LogP contribution is -2.49. The van der Waals surface area contributed by atoms with Crippen LogP contribution >= 0.6 is 0 Å². The summed E-state index contributed by atoms with van der Waals surface area (Å²) in [5.41, 5.74) is 1.22. The van der Waals surface area contributed by atoms with Crippen LogP contribution in [0.4, 0.5) is 17.2 Å². The number of pyridine rings is 1. The van der Waals surface area contributed by atoms with Gasteiger partial charge in [0.05, 0.1) is 0 Å². The predicted molar refractivity (Wildman–Crippen MR) is 107 cm³/mol. The van der Waals surface area contributed by atoms with E-state index in [0.717, 1.165) is 5.82 Å². The number of anilines is 3. The number of amides is 3. The Morgan fingerprint density at radius 3 is 2.14 bits per heavy atom. The van der Waals surface area contributed by atoms with Gasteiger partial charge in [-0.05, 0) is 36.4 Å². The first-order valence-electron chi connectivity index (χ1n) is 9.12. The van der Waals surface area contributed by atoms with E-state index in [1.807, 2.05) is 18.2 Å². The van der Waals surface area contributed by atoms with Crippen molar-refractivity contribution in [3.8, 4) is 0 Å². The number of piperazine rings is 1. The van der Waals surface area contributed by atoms with Crippen LogP contribution in [0.25, 0.3) is 0 Å². The van der Waals surface area contributed by atoms with Crippen LogP contribution in [-0.2, 0) is 14.4 Å². The Kier molecular flexibility index (Phi) is 6.21. The molecular weight excluding hydrogens is 358 g/mol. The maximum absolute atomic E-state index is 12.4. The average Bonchev–Trinajstić information content (AvgIpc) is 2.70. The summed E-state index contributed by atoms with van der Waals surface area (Å²) in [5.74, 6) is 0.193. The highest BCUT2D eigenvalue weighted by molar-refractivity contribution is 6.03. The first kappa shape index (κ1) is 19.3. The molecule has 3 amide bonds. The number of hydrogen-bond acceptors (Lipinski definition) is 5. The molecule has 0 unspecified atom stereocenters. The van der Waals surface area contributed by atoms with Crippen molar-refractivity contribution in [2.24, 2.45) is 0 Å². The molecule has 8 heteroatoms. The summed E-state index contributed by atoms with van der Waals surface area (Å²) in [4.78, 5) is 43.7. The minimum Gasteiger partial charge on any atom is -0.353 e. The quantitative estimate of drug-likeness (QED) is 0.769. The Morgan fingerprint density at radius 1 is 0.929 bits per heavy atom. The third-order valence-electron chi connectivity index (χ3n) is 4.41. The topological polar surface area (TPSA) is 94.6 Å². The van der Waals surface area contributed by atoms with Crippen molar-refractivity contribution in [1.29, 1.82) is 0 Å². The highest BCUT2D eigenvalue weighted by atomic mass is 16.2. The van der Waals surface area contributed by atoms with Gasteiger partial charge in [-0.25, -0.2) is 4.98 Å². The summed E-state index contributed by atoms with van der Waals surface area (Å²) in [6.45, 7) is 3.93. The van der Waals surface area contributed by atoms with Gasteiger partial charge in [0.1, 0.15) is 12.2 Å². The lowest BCUT2D eigenvalue weighted by atomic mass is 10.2. The molecule has 1 aromatic heterocycles. The summed E-state index contributed by atoms with van der Waals surface area (Å²) in [5, 5.41) is 5.36. The van der Waals surface area contributed by atoms with E-state index in [-0.39, 0.29) is 24.1 Å². The molecule has 0 aliphatic carbocycles. The molecule has 2 heterocycles. The van der Waals surface area contributed by atoms with Gasteiger partial charge in [0.25, 0.3) is 0 Å². The monoisotopic (exact) mass is 381 g/mol. The summed E-state index contributed by atoms with van der Waals surface area (Å²) < 4.78 is 0. The molecule has 2 aromatic rings. The summed E-state index contributed by atoms with van der Waals surface area (Å²) in [7, 11) is 0. The predicted octanol–water partition coefficient (Wildman–Crippen LogP) is 1.72. The van der Waals surface area contributed by atoms with Crippen molar-refractivity contribution in [2.75, 3.05) is 41.7 Å². The van der Waals surface area contributed by atoms with Crippen molar-refractivity contribution in [3.63, 3.8) is 0 Å². The van der Waals surface area contributed by atoms with E-state index in [4.69, 9.17) is 0 Å². The minimum absolute atomic E-state index is 0.162. The Hall–Kier alpha value is -3.42. The molecule has 8 nitrogen and oxygen atoms in total. The van der Waals surface area contributed by atoms with Crippen LogP contribution in [0.15, 0.2) is 48.7 Å². The third kappa shape index (κ3) is 5.29. The second-order valence-corrected chi connectivity index (χ2v) is 6.54. The molecule has 0 bridgehead atoms. The zero-order chi connectivity index (χ0) is 19.9. The van der Waals surface area contributed by atoms with Crippen molar-refractivity contribution in [2.45, 2.75) is 13.3 Å². The molecule has 28 heavy (non-hydrogen) atoms. The van der Waals surface area contributed by atoms with E-state index in [1.54, 1.807) is 35.4 Å². The van der Waals surface area contributed by atoms with Gasteiger partial charge in [0.2, 0.25) is 17.7 Å². The van der Waals surface area contributed by atoms with Gasteiger partial charge in [-0.15, -0.1) is 0 Å². The molecule has 1 aromatic carbocycles. The first-order valence-corrected chi connectivity index (χ1v) is 9.12. The second-order valence-electron chi connectivity index (χ2n) is 6.54. The van der Waals surface area contributed by atoms with Gasteiger partial charge in [0.15, 0.2) is 0 Å². The third-order valence-corrected chi connectivity index (χ3v) is 4.41. The Balaban J connectivity index is 1.46. The Morgan fingerprint density at radius 2 is 1.57 bits per heavy atom. The van der Waals surface area contributed by atoms with Gasteiger partial charge < -0.3 is 20.4 Å². The van der Waals surface area contributed by atoms with Crippen LogP contribution in [0.2, 0.25) is 0 Å². The van der Waals surface area contributed by atoms with Gasteiger partial charge in [-0.2, -0.15) is 0 Å². The molecule has 3 rings (SSSR count). The van der Waals surface area contributed by atoms with E-state index in [2.05, 4.69) is 20.5 Å². The van der Waals surface area contributed by atoms with Crippen LogP contribution in [0.1, 0.15) is 13.3 Å². The van der Waals surface area contributed by atoms with E-state index in [9.17, 15) is 14.4 Å². The van der Waals surface area contributed by atoms with Crippen molar-refractivity contribution in [1.82, 2.24) is 9.88 Å². The second kappa shape index (κ2) is 8.98. The van der Waals surface area contributed by atoms with Gasteiger partial charge in [-0.3, -0.25) is 14.4 Å². The first-order chi connectivity index (χ1) is 13.5. The standard InChI is InChI=1S/C20H23N5O3/c1-15(26)22-16-5-7-17(8-6-16)23-19(27)14-20(28)25-12-10-24(11-13-25)18-4-2-3-9-21-18/h2-9H,10-14H2,1H3,(H,22,26)(H,23,27). The molecule has 0 atom stereocenters. The highest BCUT2D eigenvalue weighted by Crippen LogP contribution is 2.15. The van der Waals surface area contributed by atoms with Crippen molar-refractivity contribution < 1.29 is 14.4 Å². The smallest absolute Gasteiger partial charge is 0.233 e. The summed E-state index contributed by atoms with van der Waals surface area (Å²) in [6, 6.07) is 12.5. The van der Waals surface area contributed by atoms with Gasteiger partial charge in [-0.1, -0.05) is 6.07 Å². The lowest BCUT2D eigenvalue weighted by molar-refractivity contribution is -0.134. The molecule has 1 aliphatic heterocycles. The number of carbonyl (C=O) groups excluding carboxylic acids is 3. The fourth-order valence-electron chi connectivity index (χ4n) is 3.02. The van der Waals surface area contributed by atoms with E-state index in [1.165, 1.54) is 6.92 Å². The van der Waals surface area contributed by atoms with Crippen LogP contribution in [-0.4, -0.2) is 53.8 Å². The number of nitrogens with zero attached hydrogens (tertiary/aromatic N) is 3. The normalized spacial score (nSPS) is 13.8. The van der Waals surface area contributed by atoms with Gasteiger partial charge >= 0.3 is 0 Å². The molecule has 146 valence electrons. The maximum Gasteiger partial charge on any atom is 0.233 e. The number of benzene rings is 1. The summed E-state index contributed by atoms with van der Waals surface area (Å²) in [6.07, 6.45) is 1.55. The fraction of sp³-hybridized carbons (Fsp3) is 0.300. The molecule has 1 aliphatic rings. The molecule has 0 radical (unpaired) electrons. The number of hydrogen-bond donors (Lipinski definition) is 2. The summed E-state index contributed by atoms with van der Waals surface area (Å²) >= 11 is 0. The Labute approximate surface area is 163 Å². The molecule has 2 N–H and O–H groups in total. The molecule has 0 saturated carbocycles. The largest absolute Gasteiger partial charge is 0.353 e.